The number of aromatic nitrogens is 1. The molecule has 1 fully saturated rings. The second-order valence-electron chi connectivity index (χ2n) is 6.03. The van der Waals surface area contributed by atoms with E-state index < -0.39 is 18.3 Å². The Morgan fingerprint density at radius 2 is 2.30 bits per heavy atom. The Kier molecular flexibility index (Phi) is 4.75. The summed E-state index contributed by atoms with van der Waals surface area (Å²) in [6, 6.07) is 6.97. The van der Waals surface area contributed by atoms with Crippen molar-refractivity contribution < 1.29 is 14.2 Å². The minimum Gasteiger partial charge on any atom is -0.497 e. The average molecular weight is 319 g/mol. The van der Waals surface area contributed by atoms with Crippen LogP contribution >= 0.6 is 0 Å². The maximum Gasteiger partial charge on any atom is 0.128 e. The second kappa shape index (κ2) is 6.78. The van der Waals surface area contributed by atoms with Gasteiger partial charge >= 0.3 is 0 Å². The number of alkyl halides is 1. The number of benzene rings is 1. The Labute approximate surface area is 134 Å². The van der Waals surface area contributed by atoms with Gasteiger partial charge in [-0.05, 0) is 42.8 Å². The number of fused-ring (bicyclic) bond motifs is 1. The van der Waals surface area contributed by atoms with E-state index in [1.165, 1.54) is 0 Å². The molecule has 3 N–H and O–H groups in total. The van der Waals surface area contributed by atoms with Gasteiger partial charge in [0.25, 0.3) is 0 Å². The number of hydrogen-bond acceptors (Lipinski definition) is 5. The lowest BCUT2D eigenvalue weighted by atomic mass is 10.0. The number of halogens is 1. The SMILES string of the molecule is COc1ccc2nccc(C(O)CN3CCC(N)[C@H](F)C3)c2c1. The van der Waals surface area contributed by atoms with Crippen molar-refractivity contribution in [2.45, 2.75) is 24.7 Å². The summed E-state index contributed by atoms with van der Waals surface area (Å²) >= 11 is 0. The summed E-state index contributed by atoms with van der Waals surface area (Å²) in [5.41, 5.74) is 7.28. The van der Waals surface area contributed by atoms with Gasteiger partial charge in [-0.1, -0.05) is 0 Å². The second-order valence-corrected chi connectivity index (χ2v) is 6.03. The summed E-state index contributed by atoms with van der Waals surface area (Å²) in [6.07, 6.45) is 0.537. The minimum absolute atomic E-state index is 0.268. The highest BCUT2D eigenvalue weighted by Crippen LogP contribution is 2.27. The van der Waals surface area contributed by atoms with Gasteiger partial charge in [-0.3, -0.25) is 9.88 Å². The maximum atomic E-state index is 13.8. The van der Waals surface area contributed by atoms with Crippen LogP contribution in [0.4, 0.5) is 4.39 Å². The summed E-state index contributed by atoms with van der Waals surface area (Å²) in [6.45, 7) is 1.35. The molecule has 1 saturated heterocycles. The molecule has 23 heavy (non-hydrogen) atoms. The lowest BCUT2D eigenvalue weighted by Gasteiger charge is -2.34. The molecule has 1 aromatic carbocycles. The molecule has 1 aromatic heterocycles. The fourth-order valence-electron chi connectivity index (χ4n) is 3.06. The standard InChI is InChI=1S/C17H22FN3O2/c1-23-11-2-3-16-13(8-11)12(4-6-20-16)17(22)10-21-7-5-15(19)14(18)9-21/h2-4,6,8,14-15,17,22H,5,7,9-10,19H2,1H3/t14-,15?,17?/m1/s1. The molecule has 2 aromatic rings. The molecular weight excluding hydrogens is 297 g/mol. The third-order valence-electron chi connectivity index (χ3n) is 4.45. The molecule has 2 unspecified atom stereocenters. The molecular formula is C17H22FN3O2. The molecule has 0 aliphatic carbocycles. The van der Waals surface area contributed by atoms with Crippen LogP contribution in [0.1, 0.15) is 18.1 Å². The quantitative estimate of drug-likeness (QED) is 0.896. The molecule has 0 amide bonds. The van der Waals surface area contributed by atoms with Crippen LogP contribution in [0.25, 0.3) is 10.9 Å². The highest BCUT2D eigenvalue weighted by Gasteiger charge is 2.28. The monoisotopic (exact) mass is 319 g/mol. The van der Waals surface area contributed by atoms with Gasteiger partial charge in [-0.15, -0.1) is 0 Å². The highest BCUT2D eigenvalue weighted by molar-refractivity contribution is 5.83. The van der Waals surface area contributed by atoms with Crippen molar-refractivity contribution in [3.63, 3.8) is 0 Å². The number of β-amino-alcohol motifs (C(OH)–C–C–N with tert-alkyl or cyclic N) is 1. The lowest BCUT2D eigenvalue weighted by molar-refractivity contribution is 0.0651. The molecule has 5 nitrogen and oxygen atoms in total. The summed E-state index contributed by atoms with van der Waals surface area (Å²) < 4.78 is 19.0. The molecule has 3 atom stereocenters. The van der Waals surface area contributed by atoms with Crippen molar-refractivity contribution >= 4 is 10.9 Å². The minimum atomic E-state index is -1.04. The zero-order valence-corrected chi connectivity index (χ0v) is 13.2. The van der Waals surface area contributed by atoms with Crippen LogP contribution in [-0.4, -0.2) is 53.9 Å². The van der Waals surface area contributed by atoms with Gasteiger partial charge in [0.1, 0.15) is 11.9 Å². The summed E-state index contributed by atoms with van der Waals surface area (Å²) in [5.74, 6) is 0.715. The molecule has 1 aliphatic heterocycles. The van der Waals surface area contributed by atoms with E-state index in [1.54, 1.807) is 19.4 Å². The van der Waals surface area contributed by atoms with Crippen LogP contribution in [0.5, 0.6) is 5.75 Å². The number of likely N-dealkylation sites (tertiary alicyclic amines) is 1. The molecule has 0 radical (unpaired) electrons. The lowest BCUT2D eigenvalue weighted by Crippen LogP contribution is -2.49. The predicted molar refractivity (Wildman–Crippen MR) is 87.2 cm³/mol. The fourth-order valence-corrected chi connectivity index (χ4v) is 3.06. The molecule has 0 saturated carbocycles. The number of rotatable bonds is 4. The molecule has 6 heteroatoms. The van der Waals surface area contributed by atoms with Crippen molar-refractivity contribution in [1.82, 2.24) is 9.88 Å². The van der Waals surface area contributed by atoms with Gasteiger partial charge in [-0.25, -0.2) is 4.39 Å². The van der Waals surface area contributed by atoms with E-state index in [-0.39, 0.29) is 6.54 Å². The van der Waals surface area contributed by atoms with Crippen LogP contribution in [0.15, 0.2) is 30.5 Å². The number of methoxy groups -OCH3 is 1. The highest BCUT2D eigenvalue weighted by atomic mass is 19.1. The number of aliphatic hydroxyl groups excluding tert-OH is 1. The number of hydrogen-bond donors (Lipinski definition) is 2. The number of nitrogens with two attached hydrogens (primary N) is 1. The first kappa shape index (κ1) is 16.1. The number of pyridine rings is 1. The average Bonchev–Trinajstić information content (AvgIpc) is 2.57. The Hall–Kier alpha value is -1.76. The predicted octanol–water partition coefficient (Wildman–Crippen LogP) is 1.65. The van der Waals surface area contributed by atoms with E-state index in [0.29, 0.717) is 25.3 Å². The van der Waals surface area contributed by atoms with Crippen LogP contribution in [0.2, 0.25) is 0 Å². The van der Waals surface area contributed by atoms with Gasteiger partial charge in [0, 0.05) is 30.7 Å². The summed E-state index contributed by atoms with van der Waals surface area (Å²) in [5, 5.41) is 11.5. The third kappa shape index (κ3) is 3.44. The Bertz CT molecular complexity index is 682. The van der Waals surface area contributed by atoms with Gasteiger partial charge < -0.3 is 15.6 Å². The van der Waals surface area contributed by atoms with Crippen LogP contribution in [-0.2, 0) is 0 Å². The molecule has 3 rings (SSSR count). The van der Waals surface area contributed by atoms with E-state index in [2.05, 4.69) is 4.98 Å². The summed E-state index contributed by atoms with van der Waals surface area (Å²) in [4.78, 5) is 6.23. The Morgan fingerprint density at radius 1 is 1.48 bits per heavy atom. The van der Waals surface area contributed by atoms with E-state index in [4.69, 9.17) is 10.5 Å². The zero-order valence-electron chi connectivity index (χ0n) is 13.2. The van der Waals surface area contributed by atoms with Crippen molar-refractivity contribution in [1.29, 1.82) is 0 Å². The van der Waals surface area contributed by atoms with Crippen molar-refractivity contribution in [3.05, 3.63) is 36.0 Å². The molecule has 0 bridgehead atoms. The number of aliphatic hydroxyl groups is 1. The third-order valence-corrected chi connectivity index (χ3v) is 4.45. The zero-order chi connectivity index (χ0) is 16.4. The first-order valence-electron chi connectivity index (χ1n) is 7.81. The largest absolute Gasteiger partial charge is 0.497 e. The van der Waals surface area contributed by atoms with E-state index >= 15 is 0 Å². The Balaban J connectivity index is 1.81. The van der Waals surface area contributed by atoms with Crippen molar-refractivity contribution in [2.24, 2.45) is 5.73 Å². The molecule has 0 spiro atoms. The van der Waals surface area contributed by atoms with Crippen LogP contribution in [0, 0.1) is 0 Å². The van der Waals surface area contributed by atoms with Gasteiger partial charge in [0.15, 0.2) is 0 Å². The van der Waals surface area contributed by atoms with Crippen LogP contribution in [0.3, 0.4) is 0 Å². The normalized spacial score (nSPS) is 23.8. The van der Waals surface area contributed by atoms with Crippen LogP contribution < -0.4 is 10.5 Å². The van der Waals surface area contributed by atoms with Gasteiger partial charge in [-0.2, -0.15) is 0 Å². The van der Waals surface area contributed by atoms with Gasteiger partial charge in [0.05, 0.1) is 18.7 Å². The number of piperidine rings is 1. The molecule has 124 valence electrons. The van der Waals surface area contributed by atoms with Crippen molar-refractivity contribution in [2.75, 3.05) is 26.7 Å². The fraction of sp³-hybridized carbons (Fsp3) is 0.471. The maximum absolute atomic E-state index is 13.8. The first-order valence-corrected chi connectivity index (χ1v) is 7.81. The molecule has 1 aliphatic rings. The van der Waals surface area contributed by atoms with Crippen molar-refractivity contribution in [3.8, 4) is 5.75 Å². The molecule has 2 heterocycles. The topological polar surface area (TPSA) is 71.6 Å². The van der Waals surface area contributed by atoms with E-state index in [9.17, 15) is 9.50 Å². The first-order chi connectivity index (χ1) is 11.1. The van der Waals surface area contributed by atoms with E-state index in [0.717, 1.165) is 16.5 Å². The van der Waals surface area contributed by atoms with Gasteiger partial charge in [0.2, 0.25) is 0 Å². The number of ether oxygens (including phenoxy) is 1. The number of nitrogens with zero attached hydrogens (tertiary/aromatic N) is 2. The summed E-state index contributed by atoms with van der Waals surface area (Å²) in [7, 11) is 1.60. The Morgan fingerprint density at radius 3 is 3.04 bits per heavy atom. The van der Waals surface area contributed by atoms with E-state index in [1.807, 2.05) is 23.1 Å². The smallest absolute Gasteiger partial charge is 0.128 e.